The molecule has 3 aromatic rings. The van der Waals surface area contributed by atoms with Crippen LogP contribution in [-0.2, 0) is 0 Å². The predicted molar refractivity (Wildman–Crippen MR) is 88.6 cm³/mol. The molecular formula is C18H17NOS. The van der Waals surface area contributed by atoms with Gasteiger partial charge in [-0.05, 0) is 34.7 Å². The maximum atomic E-state index is 5.98. The minimum absolute atomic E-state index is 0.0763. The van der Waals surface area contributed by atoms with Crippen molar-refractivity contribution in [3.63, 3.8) is 0 Å². The Morgan fingerprint density at radius 3 is 2.19 bits per heavy atom. The van der Waals surface area contributed by atoms with Gasteiger partial charge in [-0.1, -0.05) is 48.5 Å². The third kappa shape index (κ3) is 3.32. The fraction of sp³-hybridized carbons (Fsp3) is 0.111. The van der Waals surface area contributed by atoms with Crippen molar-refractivity contribution in [1.82, 2.24) is 0 Å². The van der Waals surface area contributed by atoms with Crippen LogP contribution in [0.2, 0.25) is 0 Å². The molecule has 1 atom stereocenters. The molecule has 21 heavy (non-hydrogen) atoms. The number of thiophene rings is 1. The maximum absolute atomic E-state index is 5.98. The van der Waals surface area contributed by atoms with E-state index in [0.717, 1.165) is 10.6 Å². The van der Waals surface area contributed by atoms with Crippen LogP contribution in [0.3, 0.4) is 0 Å². The summed E-state index contributed by atoms with van der Waals surface area (Å²) >= 11 is 1.67. The Kier molecular flexibility index (Phi) is 4.34. The van der Waals surface area contributed by atoms with Crippen LogP contribution >= 0.6 is 11.3 Å². The maximum Gasteiger partial charge on any atom is 0.145 e. The van der Waals surface area contributed by atoms with Gasteiger partial charge in [0.25, 0.3) is 0 Å². The number of ether oxygens (including phenoxy) is 1. The van der Waals surface area contributed by atoms with E-state index in [1.807, 2.05) is 41.8 Å². The minimum Gasteiger partial charge on any atom is -0.484 e. The van der Waals surface area contributed by atoms with Crippen molar-refractivity contribution >= 4 is 11.3 Å². The summed E-state index contributed by atoms with van der Waals surface area (Å²) in [6.07, 6.45) is -0.0763. The van der Waals surface area contributed by atoms with Gasteiger partial charge in [0.05, 0.1) is 0 Å². The lowest BCUT2D eigenvalue weighted by atomic mass is 10.1. The van der Waals surface area contributed by atoms with E-state index >= 15 is 0 Å². The molecule has 2 aromatic carbocycles. The molecule has 0 saturated heterocycles. The van der Waals surface area contributed by atoms with Gasteiger partial charge in [0.2, 0.25) is 0 Å². The molecular weight excluding hydrogens is 278 g/mol. The van der Waals surface area contributed by atoms with E-state index in [-0.39, 0.29) is 6.10 Å². The molecule has 0 aliphatic carbocycles. The molecule has 0 radical (unpaired) electrons. The third-order valence-corrected chi connectivity index (χ3v) is 4.28. The zero-order chi connectivity index (χ0) is 14.5. The van der Waals surface area contributed by atoms with Crippen molar-refractivity contribution in [3.8, 4) is 16.9 Å². The smallest absolute Gasteiger partial charge is 0.145 e. The van der Waals surface area contributed by atoms with Crippen LogP contribution < -0.4 is 10.5 Å². The summed E-state index contributed by atoms with van der Waals surface area (Å²) in [5.41, 5.74) is 8.20. The summed E-state index contributed by atoms with van der Waals surface area (Å²) in [5.74, 6) is 0.846. The Morgan fingerprint density at radius 1 is 0.857 bits per heavy atom. The van der Waals surface area contributed by atoms with Crippen molar-refractivity contribution in [2.24, 2.45) is 5.73 Å². The van der Waals surface area contributed by atoms with Crippen molar-refractivity contribution < 1.29 is 4.74 Å². The van der Waals surface area contributed by atoms with Gasteiger partial charge in [-0.3, -0.25) is 0 Å². The largest absolute Gasteiger partial charge is 0.484 e. The molecule has 1 unspecified atom stereocenters. The molecule has 0 amide bonds. The Labute approximate surface area is 128 Å². The van der Waals surface area contributed by atoms with E-state index in [4.69, 9.17) is 10.5 Å². The highest BCUT2D eigenvalue weighted by atomic mass is 32.1. The SMILES string of the molecule is NCC(Oc1ccc(-c2ccccc2)cc1)c1cccs1. The quantitative estimate of drug-likeness (QED) is 0.752. The van der Waals surface area contributed by atoms with E-state index in [2.05, 4.69) is 30.3 Å². The highest BCUT2D eigenvalue weighted by Gasteiger charge is 2.12. The Balaban J connectivity index is 1.75. The molecule has 0 bridgehead atoms. The van der Waals surface area contributed by atoms with Crippen LogP contribution in [0.1, 0.15) is 11.0 Å². The van der Waals surface area contributed by atoms with E-state index in [0.29, 0.717) is 6.54 Å². The second kappa shape index (κ2) is 6.57. The lowest BCUT2D eigenvalue weighted by molar-refractivity contribution is 0.218. The topological polar surface area (TPSA) is 35.2 Å². The molecule has 0 saturated carbocycles. The molecule has 106 valence electrons. The molecule has 0 spiro atoms. The summed E-state index contributed by atoms with van der Waals surface area (Å²) in [5, 5.41) is 2.04. The molecule has 2 nitrogen and oxygen atoms in total. The molecule has 2 N–H and O–H groups in total. The van der Waals surface area contributed by atoms with Gasteiger partial charge < -0.3 is 10.5 Å². The average molecular weight is 295 g/mol. The first-order valence-electron chi connectivity index (χ1n) is 6.92. The minimum atomic E-state index is -0.0763. The summed E-state index contributed by atoms with van der Waals surface area (Å²) in [6, 6.07) is 22.5. The van der Waals surface area contributed by atoms with Crippen LogP contribution in [0, 0.1) is 0 Å². The number of nitrogens with two attached hydrogens (primary N) is 1. The van der Waals surface area contributed by atoms with Crippen LogP contribution in [-0.4, -0.2) is 6.54 Å². The van der Waals surface area contributed by atoms with Crippen LogP contribution in [0.25, 0.3) is 11.1 Å². The fourth-order valence-corrected chi connectivity index (χ4v) is 2.99. The molecule has 3 heteroatoms. The fourth-order valence-electron chi connectivity index (χ4n) is 2.22. The first kappa shape index (κ1) is 13.9. The van der Waals surface area contributed by atoms with Crippen molar-refractivity contribution in [3.05, 3.63) is 77.0 Å². The second-order valence-corrected chi connectivity index (χ2v) is 5.73. The van der Waals surface area contributed by atoms with Gasteiger partial charge >= 0.3 is 0 Å². The zero-order valence-electron chi connectivity index (χ0n) is 11.6. The standard InChI is InChI=1S/C18H17NOS/c19-13-17(18-7-4-12-21-18)20-16-10-8-15(9-11-16)14-5-2-1-3-6-14/h1-12,17H,13,19H2. The Hall–Kier alpha value is -2.10. The first-order chi connectivity index (χ1) is 10.4. The molecule has 1 aromatic heterocycles. The van der Waals surface area contributed by atoms with E-state index in [9.17, 15) is 0 Å². The van der Waals surface area contributed by atoms with Gasteiger partial charge in [-0.25, -0.2) is 0 Å². The van der Waals surface area contributed by atoms with Crippen LogP contribution in [0.4, 0.5) is 0 Å². The summed E-state index contributed by atoms with van der Waals surface area (Å²) in [6.45, 7) is 0.473. The Morgan fingerprint density at radius 2 is 1.57 bits per heavy atom. The van der Waals surface area contributed by atoms with E-state index in [1.165, 1.54) is 11.1 Å². The average Bonchev–Trinajstić information content (AvgIpc) is 3.08. The number of rotatable bonds is 5. The predicted octanol–water partition coefficient (Wildman–Crippen LogP) is 4.49. The molecule has 1 heterocycles. The van der Waals surface area contributed by atoms with Gasteiger partial charge in [-0.2, -0.15) is 0 Å². The van der Waals surface area contributed by atoms with E-state index < -0.39 is 0 Å². The van der Waals surface area contributed by atoms with Crippen molar-refractivity contribution in [2.45, 2.75) is 6.10 Å². The van der Waals surface area contributed by atoms with Gasteiger partial charge in [-0.15, -0.1) is 11.3 Å². The third-order valence-electron chi connectivity index (χ3n) is 3.31. The molecule has 3 rings (SSSR count). The van der Waals surface area contributed by atoms with Gasteiger partial charge in [0, 0.05) is 11.4 Å². The Bertz CT molecular complexity index is 662. The van der Waals surface area contributed by atoms with Crippen LogP contribution in [0.15, 0.2) is 72.1 Å². The van der Waals surface area contributed by atoms with Gasteiger partial charge in [0.15, 0.2) is 0 Å². The number of hydrogen-bond donors (Lipinski definition) is 1. The monoisotopic (exact) mass is 295 g/mol. The number of benzene rings is 2. The summed E-state index contributed by atoms with van der Waals surface area (Å²) in [7, 11) is 0. The summed E-state index contributed by atoms with van der Waals surface area (Å²) < 4.78 is 5.98. The van der Waals surface area contributed by atoms with E-state index in [1.54, 1.807) is 11.3 Å². The summed E-state index contributed by atoms with van der Waals surface area (Å²) in [4.78, 5) is 1.16. The number of hydrogen-bond acceptors (Lipinski definition) is 3. The highest BCUT2D eigenvalue weighted by molar-refractivity contribution is 7.10. The lowest BCUT2D eigenvalue weighted by Crippen LogP contribution is -2.17. The molecule has 0 aliphatic heterocycles. The molecule has 0 aliphatic rings. The van der Waals surface area contributed by atoms with Crippen molar-refractivity contribution in [2.75, 3.05) is 6.54 Å². The van der Waals surface area contributed by atoms with Crippen molar-refractivity contribution in [1.29, 1.82) is 0 Å². The lowest BCUT2D eigenvalue weighted by Gasteiger charge is -2.16. The second-order valence-electron chi connectivity index (χ2n) is 4.75. The highest BCUT2D eigenvalue weighted by Crippen LogP contribution is 2.27. The first-order valence-corrected chi connectivity index (χ1v) is 7.80. The van der Waals surface area contributed by atoms with Gasteiger partial charge in [0.1, 0.15) is 11.9 Å². The normalized spacial score (nSPS) is 12.0. The molecule has 0 fully saturated rings. The zero-order valence-corrected chi connectivity index (χ0v) is 12.4. The van der Waals surface area contributed by atoms with Crippen LogP contribution in [0.5, 0.6) is 5.75 Å².